The van der Waals surface area contributed by atoms with Crippen molar-refractivity contribution in [2.75, 3.05) is 0 Å². The average molecular weight is 513 g/mol. The van der Waals surface area contributed by atoms with Gasteiger partial charge in [0.25, 0.3) is 0 Å². The van der Waals surface area contributed by atoms with Crippen LogP contribution in [0.1, 0.15) is 0 Å². The molecule has 0 amide bonds. The number of phenols is 4. The maximum atomic E-state index is 8.65. The molecule has 4 aromatic heterocycles. The molecule has 192 valence electrons. The van der Waals surface area contributed by atoms with Crippen molar-refractivity contribution in [2.45, 2.75) is 0 Å². The van der Waals surface area contributed by atoms with Crippen molar-refractivity contribution >= 4 is 0 Å². The molecule has 6 aromatic rings. The maximum Gasteiger partial charge on any atom is 0.115 e. The van der Waals surface area contributed by atoms with Crippen molar-refractivity contribution in [1.29, 1.82) is 0 Å². The second kappa shape index (κ2) is 14.6. The summed E-state index contributed by atoms with van der Waals surface area (Å²) in [5, 5.41) is 34.6. The molecule has 0 aliphatic carbocycles. The lowest BCUT2D eigenvalue weighted by Crippen LogP contribution is -1.90. The summed E-state index contributed by atoms with van der Waals surface area (Å²) < 4.78 is 3.69. The molecule has 0 aliphatic rings. The predicted octanol–water partition coefficient (Wildman–Crippen LogP) is 3.52. The second-order valence-corrected chi connectivity index (χ2v) is 7.17. The number of hydrogen-bond acceptors (Lipinski definition) is 10. The lowest BCUT2D eigenvalue weighted by atomic mass is 10.3. The summed E-state index contributed by atoms with van der Waals surface area (Å²) in [6.45, 7) is 0. The van der Waals surface area contributed by atoms with E-state index in [2.05, 4.69) is 29.9 Å². The number of hydrogen-bond donors (Lipinski definition) is 4. The molecule has 12 nitrogen and oxygen atoms in total. The Balaban J connectivity index is 0.000000142. The Morgan fingerprint density at radius 1 is 0.421 bits per heavy atom. The third kappa shape index (κ3) is 9.46. The Bertz CT molecular complexity index is 1260. The van der Waals surface area contributed by atoms with E-state index in [1.165, 1.54) is 61.2 Å². The van der Waals surface area contributed by atoms with E-state index in [0.717, 1.165) is 11.4 Å². The number of nitrogens with zero attached hydrogens (tertiary/aromatic N) is 8. The number of benzene rings is 2. The number of aromatic nitrogens is 8. The minimum Gasteiger partial charge on any atom is -0.508 e. The first-order valence-corrected chi connectivity index (χ1v) is 10.9. The fourth-order valence-electron chi connectivity index (χ4n) is 2.58. The average Bonchev–Trinajstić information content (AvgIpc) is 3.70. The second-order valence-electron chi connectivity index (χ2n) is 7.17. The van der Waals surface area contributed by atoms with Crippen LogP contribution in [0.2, 0.25) is 0 Å². The van der Waals surface area contributed by atoms with Gasteiger partial charge in [0, 0.05) is 24.8 Å². The molecule has 0 radical (unpaired) electrons. The van der Waals surface area contributed by atoms with E-state index in [9.17, 15) is 0 Å². The Labute approximate surface area is 217 Å². The molecule has 38 heavy (non-hydrogen) atoms. The SMILES string of the molecule is Oc1ccc(O)cc1.Oc1ccc(O)cc1.c1cn(-c2cncnc2)cn1.c1cn(-c2cncnc2)cn1. The molecule has 0 saturated heterocycles. The van der Waals surface area contributed by atoms with Gasteiger partial charge in [-0.2, -0.15) is 0 Å². The highest BCUT2D eigenvalue weighted by molar-refractivity contribution is 5.29. The number of phenolic OH excluding ortho intramolecular Hbond substituents is 4. The van der Waals surface area contributed by atoms with Crippen LogP contribution in [-0.2, 0) is 0 Å². The quantitative estimate of drug-likeness (QED) is 0.252. The van der Waals surface area contributed by atoms with Crippen LogP contribution in [0.4, 0.5) is 0 Å². The van der Waals surface area contributed by atoms with E-state index < -0.39 is 0 Å². The smallest absolute Gasteiger partial charge is 0.115 e. The van der Waals surface area contributed by atoms with E-state index in [1.807, 2.05) is 21.5 Å². The maximum absolute atomic E-state index is 8.65. The van der Waals surface area contributed by atoms with Gasteiger partial charge in [0.05, 0.1) is 48.8 Å². The van der Waals surface area contributed by atoms with Crippen LogP contribution in [0.3, 0.4) is 0 Å². The summed E-state index contributed by atoms with van der Waals surface area (Å²) in [6, 6.07) is 11.4. The van der Waals surface area contributed by atoms with Gasteiger partial charge in [-0.05, 0) is 48.5 Å². The molecular weight excluding hydrogens is 488 g/mol. The van der Waals surface area contributed by atoms with E-state index in [-0.39, 0.29) is 23.0 Å². The minimum absolute atomic E-state index is 0.169. The standard InChI is InChI=1S/2C7H6N4.2C6H6O2/c2*1-2-11(6-8-1)7-3-9-5-10-4-7;2*7-5-1-2-6(8)4-3-5/h2*1-6H;2*1-4,7-8H. The van der Waals surface area contributed by atoms with Gasteiger partial charge in [-0.1, -0.05) is 0 Å². The van der Waals surface area contributed by atoms with Gasteiger partial charge in [-0.3, -0.25) is 0 Å². The van der Waals surface area contributed by atoms with Crippen molar-refractivity contribution < 1.29 is 20.4 Å². The van der Waals surface area contributed by atoms with E-state index in [1.54, 1.807) is 49.8 Å². The Hall–Kier alpha value is -5.78. The van der Waals surface area contributed by atoms with Crippen LogP contribution in [0.5, 0.6) is 23.0 Å². The summed E-state index contributed by atoms with van der Waals surface area (Å²) >= 11 is 0. The normalized spacial score (nSPS) is 9.47. The number of aromatic hydroxyl groups is 4. The van der Waals surface area contributed by atoms with Gasteiger partial charge in [-0.25, -0.2) is 29.9 Å². The lowest BCUT2D eigenvalue weighted by molar-refractivity contribution is 0.460. The first kappa shape index (κ1) is 26.8. The monoisotopic (exact) mass is 512 g/mol. The van der Waals surface area contributed by atoms with Crippen LogP contribution < -0.4 is 0 Å². The molecule has 0 unspecified atom stereocenters. The molecule has 4 N–H and O–H groups in total. The van der Waals surface area contributed by atoms with Crippen LogP contribution in [0.25, 0.3) is 11.4 Å². The lowest BCUT2D eigenvalue weighted by Gasteiger charge is -1.96. The largest absolute Gasteiger partial charge is 0.508 e. The summed E-state index contributed by atoms with van der Waals surface area (Å²) in [5.41, 5.74) is 1.84. The van der Waals surface area contributed by atoms with E-state index >= 15 is 0 Å². The zero-order valence-electron chi connectivity index (χ0n) is 19.9. The molecule has 6 rings (SSSR count). The number of rotatable bonds is 2. The summed E-state index contributed by atoms with van der Waals surface area (Å²) in [7, 11) is 0. The van der Waals surface area contributed by atoms with Gasteiger partial charge in [0.1, 0.15) is 35.7 Å². The molecule has 0 atom stereocenters. The van der Waals surface area contributed by atoms with E-state index in [4.69, 9.17) is 20.4 Å². The third-order valence-electron chi connectivity index (χ3n) is 4.40. The molecule has 0 saturated carbocycles. The Morgan fingerprint density at radius 2 is 0.711 bits per heavy atom. The van der Waals surface area contributed by atoms with Crippen LogP contribution >= 0.6 is 0 Å². The highest BCUT2D eigenvalue weighted by Gasteiger charge is 1.93. The van der Waals surface area contributed by atoms with Crippen LogP contribution in [-0.4, -0.2) is 59.5 Å². The summed E-state index contributed by atoms with van der Waals surface area (Å²) in [4.78, 5) is 23.3. The van der Waals surface area contributed by atoms with Crippen molar-refractivity contribution in [3.8, 4) is 34.4 Å². The highest BCUT2D eigenvalue weighted by atomic mass is 16.3. The molecule has 4 heterocycles. The summed E-state index contributed by atoms with van der Waals surface area (Å²) in [6.07, 6.45) is 20.5. The van der Waals surface area contributed by atoms with Gasteiger partial charge in [0.15, 0.2) is 0 Å². The summed E-state index contributed by atoms with van der Waals surface area (Å²) in [5.74, 6) is 0.677. The first-order chi connectivity index (χ1) is 18.5. The topological polar surface area (TPSA) is 168 Å². The Morgan fingerprint density at radius 3 is 0.947 bits per heavy atom. The fourth-order valence-corrected chi connectivity index (χ4v) is 2.58. The van der Waals surface area contributed by atoms with Crippen molar-refractivity contribution in [2.24, 2.45) is 0 Å². The molecule has 0 bridgehead atoms. The van der Waals surface area contributed by atoms with Gasteiger partial charge in [-0.15, -0.1) is 0 Å². The highest BCUT2D eigenvalue weighted by Crippen LogP contribution is 2.14. The van der Waals surface area contributed by atoms with Crippen LogP contribution in [0.15, 0.2) is 123 Å². The molecule has 2 aromatic carbocycles. The molecular formula is C26H24N8O4. The van der Waals surface area contributed by atoms with Crippen molar-refractivity contribution in [1.82, 2.24) is 39.0 Å². The van der Waals surface area contributed by atoms with Crippen LogP contribution in [0, 0.1) is 0 Å². The van der Waals surface area contributed by atoms with Crippen molar-refractivity contribution in [3.05, 3.63) is 123 Å². The fraction of sp³-hybridized carbons (Fsp3) is 0. The first-order valence-electron chi connectivity index (χ1n) is 10.9. The molecule has 0 spiro atoms. The predicted molar refractivity (Wildman–Crippen MR) is 138 cm³/mol. The third-order valence-corrected chi connectivity index (χ3v) is 4.40. The molecule has 0 aliphatic heterocycles. The van der Waals surface area contributed by atoms with Gasteiger partial charge in [0.2, 0.25) is 0 Å². The molecule has 0 fully saturated rings. The zero-order chi connectivity index (χ0) is 27.0. The minimum atomic E-state index is 0.169. The van der Waals surface area contributed by atoms with Gasteiger partial charge < -0.3 is 29.6 Å². The van der Waals surface area contributed by atoms with Gasteiger partial charge >= 0.3 is 0 Å². The zero-order valence-corrected chi connectivity index (χ0v) is 19.9. The van der Waals surface area contributed by atoms with E-state index in [0.29, 0.717) is 0 Å². The Kier molecular flexibility index (Phi) is 10.3. The van der Waals surface area contributed by atoms with Crippen molar-refractivity contribution in [3.63, 3.8) is 0 Å². The molecule has 12 heteroatoms. The number of imidazole rings is 2.